The lowest BCUT2D eigenvalue weighted by molar-refractivity contribution is -0.385. The summed E-state index contributed by atoms with van der Waals surface area (Å²) in [5.74, 6) is 0.535. The Labute approximate surface area is 114 Å². The fraction of sp³-hybridized carbons (Fsp3) is 0.231. The van der Waals surface area contributed by atoms with Crippen molar-refractivity contribution in [2.75, 3.05) is 0 Å². The molecule has 0 aliphatic heterocycles. The summed E-state index contributed by atoms with van der Waals surface area (Å²) in [4.78, 5) is 11.0. The Kier molecular flexibility index (Phi) is 3.82. The van der Waals surface area contributed by atoms with Crippen LogP contribution in [0.15, 0.2) is 30.3 Å². The second kappa shape index (κ2) is 5.38. The molecule has 1 N–H and O–H groups in total. The minimum atomic E-state index is -0.751. The van der Waals surface area contributed by atoms with Crippen LogP contribution in [0.4, 0.5) is 5.69 Å². The van der Waals surface area contributed by atoms with E-state index in [0.717, 1.165) is 16.9 Å². The maximum Gasteiger partial charge on any atom is 0.323 e. The van der Waals surface area contributed by atoms with Gasteiger partial charge in [0.05, 0.1) is 11.0 Å². The molecule has 1 aromatic carbocycles. The minimum absolute atomic E-state index is 0.124. The first-order valence-electron chi connectivity index (χ1n) is 5.68. The van der Waals surface area contributed by atoms with E-state index in [1.165, 1.54) is 6.07 Å². The summed E-state index contributed by atoms with van der Waals surface area (Å²) in [6, 6.07) is 8.58. The number of nitro groups is 1. The predicted molar refractivity (Wildman–Crippen MR) is 72.9 cm³/mol. The van der Waals surface area contributed by atoms with Crippen LogP contribution in [0.25, 0.3) is 0 Å². The van der Waals surface area contributed by atoms with Gasteiger partial charge in [-0.15, -0.1) is 0 Å². The molecule has 1 heterocycles. The van der Waals surface area contributed by atoms with Gasteiger partial charge in [0.25, 0.3) is 5.06 Å². The molecular weight excluding hydrogens is 266 g/mol. The number of aliphatic hydroxyl groups excluding tert-OH is 1. The molecule has 1 atom stereocenters. The molecule has 0 bridgehead atoms. The molecule has 19 heavy (non-hydrogen) atoms. The smallest absolute Gasteiger partial charge is 0.323 e. The lowest BCUT2D eigenvalue weighted by atomic mass is 10.2. The second-order valence-corrected chi connectivity index (χ2v) is 5.22. The monoisotopic (exact) mass is 279 g/mol. The second-order valence-electron chi connectivity index (χ2n) is 4.17. The first kappa shape index (κ1) is 13.5. The van der Waals surface area contributed by atoms with E-state index in [9.17, 15) is 15.2 Å². The fourth-order valence-electron chi connectivity index (χ4n) is 1.50. The van der Waals surface area contributed by atoms with Gasteiger partial charge in [0.15, 0.2) is 0 Å². The van der Waals surface area contributed by atoms with Crippen molar-refractivity contribution in [1.82, 2.24) is 0 Å². The molecule has 0 radical (unpaired) electrons. The molecule has 0 saturated carbocycles. The summed E-state index contributed by atoms with van der Waals surface area (Å²) >= 11 is 1.08. The molecule has 2 aromatic rings. The highest BCUT2D eigenvalue weighted by atomic mass is 32.1. The summed E-state index contributed by atoms with van der Waals surface area (Å²) < 4.78 is 5.52. The van der Waals surface area contributed by atoms with Crippen LogP contribution in [-0.4, -0.2) is 10.0 Å². The zero-order chi connectivity index (χ0) is 14.0. The largest absolute Gasteiger partial charge is 0.440 e. The maximum atomic E-state index is 11.0. The SMILES string of the molecule is Cc1ccc(Oc2sc([C@H](C)O)cc2[N+](=O)[O-])cc1. The Morgan fingerprint density at radius 2 is 2.00 bits per heavy atom. The maximum absolute atomic E-state index is 11.0. The molecule has 0 unspecified atom stereocenters. The van der Waals surface area contributed by atoms with Crippen molar-refractivity contribution >= 4 is 17.0 Å². The number of benzene rings is 1. The number of rotatable bonds is 4. The van der Waals surface area contributed by atoms with Crippen molar-refractivity contribution in [1.29, 1.82) is 0 Å². The summed E-state index contributed by atoms with van der Waals surface area (Å²) in [6.07, 6.45) is -0.751. The van der Waals surface area contributed by atoms with Crippen molar-refractivity contribution in [3.63, 3.8) is 0 Å². The van der Waals surface area contributed by atoms with Crippen molar-refractivity contribution < 1.29 is 14.8 Å². The Hall–Kier alpha value is -1.92. The Morgan fingerprint density at radius 1 is 1.37 bits per heavy atom. The van der Waals surface area contributed by atoms with Gasteiger partial charge in [-0.2, -0.15) is 0 Å². The van der Waals surface area contributed by atoms with Crippen molar-refractivity contribution in [2.24, 2.45) is 0 Å². The van der Waals surface area contributed by atoms with Crippen LogP contribution in [0.3, 0.4) is 0 Å². The number of thiophene rings is 1. The van der Waals surface area contributed by atoms with Gasteiger partial charge in [0, 0.05) is 10.9 Å². The summed E-state index contributed by atoms with van der Waals surface area (Å²) in [5, 5.41) is 20.6. The zero-order valence-electron chi connectivity index (χ0n) is 10.5. The molecular formula is C13H13NO4S. The third-order valence-electron chi connectivity index (χ3n) is 2.54. The van der Waals surface area contributed by atoms with E-state index < -0.39 is 11.0 Å². The summed E-state index contributed by atoms with van der Waals surface area (Å²) in [7, 11) is 0. The quantitative estimate of drug-likeness (QED) is 0.682. The number of nitrogens with zero attached hydrogens (tertiary/aromatic N) is 1. The number of hydrogen-bond acceptors (Lipinski definition) is 5. The normalized spacial score (nSPS) is 12.2. The summed E-state index contributed by atoms with van der Waals surface area (Å²) in [5.41, 5.74) is 0.958. The average molecular weight is 279 g/mol. The van der Waals surface area contributed by atoms with Crippen LogP contribution in [0.5, 0.6) is 10.8 Å². The Morgan fingerprint density at radius 3 is 2.53 bits per heavy atom. The Bertz CT molecular complexity index is 589. The van der Waals surface area contributed by atoms with Gasteiger partial charge in [0.2, 0.25) is 0 Å². The van der Waals surface area contributed by atoms with Gasteiger partial charge in [-0.1, -0.05) is 29.0 Å². The van der Waals surface area contributed by atoms with Crippen LogP contribution < -0.4 is 4.74 Å². The van der Waals surface area contributed by atoms with Crippen LogP contribution in [0.1, 0.15) is 23.5 Å². The van der Waals surface area contributed by atoms with Gasteiger partial charge in [-0.3, -0.25) is 10.1 Å². The van der Waals surface area contributed by atoms with Crippen LogP contribution in [0.2, 0.25) is 0 Å². The zero-order valence-corrected chi connectivity index (χ0v) is 11.3. The lowest BCUT2D eigenvalue weighted by Gasteiger charge is -2.02. The van der Waals surface area contributed by atoms with Crippen LogP contribution in [-0.2, 0) is 0 Å². The fourth-order valence-corrected chi connectivity index (χ4v) is 2.43. The van der Waals surface area contributed by atoms with E-state index in [1.54, 1.807) is 19.1 Å². The van der Waals surface area contributed by atoms with Gasteiger partial charge < -0.3 is 9.84 Å². The third kappa shape index (κ3) is 3.10. The van der Waals surface area contributed by atoms with Crippen LogP contribution >= 0.6 is 11.3 Å². The standard InChI is InChI=1S/C13H13NO4S/c1-8-3-5-10(6-4-8)18-13-11(14(16)17)7-12(19-13)9(2)15/h3-7,9,15H,1-2H3/t9-/m0/s1. The molecule has 6 heteroatoms. The van der Waals surface area contributed by atoms with E-state index in [-0.39, 0.29) is 10.8 Å². The first-order valence-corrected chi connectivity index (χ1v) is 6.49. The van der Waals surface area contributed by atoms with E-state index >= 15 is 0 Å². The Balaban J connectivity index is 2.33. The lowest BCUT2D eigenvalue weighted by Crippen LogP contribution is -1.89. The highest BCUT2D eigenvalue weighted by Crippen LogP contribution is 2.41. The number of hydrogen-bond donors (Lipinski definition) is 1. The molecule has 0 saturated heterocycles. The molecule has 0 aliphatic carbocycles. The van der Waals surface area contributed by atoms with Crippen LogP contribution in [0, 0.1) is 17.0 Å². The predicted octanol–water partition coefficient (Wildman–Crippen LogP) is 3.81. The number of ether oxygens (including phenoxy) is 1. The number of aryl methyl sites for hydroxylation is 1. The molecule has 2 rings (SSSR count). The van der Waals surface area contributed by atoms with E-state index in [1.807, 2.05) is 19.1 Å². The van der Waals surface area contributed by atoms with E-state index in [2.05, 4.69) is 0 Å². The van der Waals surface area contributed by atoms with E-state index in [0.29, 0.717) is 10.6 Å². The van der Waals surface area contributed by atoms with Crippen molar-refractivity contribution in [2.45, 2.75) is 20.0 Å². The van der Waals surface area contributed by atoms with Gasteiger partial charge in [0.1, 0.15) is 5.75 Å². The van der Waals surface area contributed by atoms with E-state index in [4.69, 9.17) is 4.74 Å². The highest BCUT2D eigenvalue weighted by molar-refractivity contribution is 7.14. The topological polar surface area (TPSA) is 72.6 Å². The molecule has 0 aliphatic rings. The van der Waals surface area contributed by atoms with Crippen molar-refractivity contribution in [3.05, 3.63) is 50.9 Å². The molecule has 5 nitrogen and oxygen atoms in total. The van der Waals surface area contributed by atoms with Gasteiger partial charge >= 0.3 is 5.69 Å². The molecule has 100 valence electrons. The molecule has 1 aromatic heterocycles. The molecule has 0 fully saturated rings. The minimum Gasteiger partial charge on any atom is -0.440 e. The molecule has 0 spiro atoms. The first-order chi connectivity index (χ1) is 8.97. The van der Waals surface area contributed by atoms with Gasteiger partial charge in [-0.05, 0) is 26.0 Å². The van der Waals surface area contributed by atoms with Crippen molar-refractivity contribution in [3.8, 4) is 10.8 Å². The summed E-state index contributed by atoms with van der Waals surface area (Å²) in [6.45, 7) is 3.51. The third-order valence-corrected chi connectivity index (χ3v) is 3.71. The van der Waals surface area contributed by atoms with Gasteiger partial charge in [-0.25, -0.2) is 0 Å². The molecule has 0 amide bonds. The highest BCUT2D eigenvalue weighted by Gasteiger charge is 2.22. The average Bonchev–Trinajstić information content (AvgIpc) is 2.76. The number of aliphatic hydroxyl groups is 1.